The van der Waals surface area contributed by atoms with E-state index in [1.54, 1.807) is 7.11 Å². The van der Waals surface area contributed by atoms with Gasteiger partial charge in [-0.05, 0) is 37.0 Å². The van der Waals surface area contributed by atoms with Gasteiger partial charge in [0.25, 0.3) is 0 Å². The van der Waals surface area contributed by atoms with Gasteiger partial charge < -0.3 is 10.5 Å². The van der Waals surface area contributed by atoms with Gasteiger partial charge in [0.15, 0.2) is 0 Å². The number of methoxy groups -OCH3 is 1. The molecule has 0 spiro atoms. The quantitative estimate of drug-likeness (QED) is 0.848. The van der Waals surface area contributed by atoms with Crippen molar-refractivity contribution in [2.75, 3.05) is 7.11 Å². The minimum absolute atomic E-state index is 0.0185. The van der Waals surface area contributed by atoms with E-state index in [2.05, 4.69) is 12.1 Å². The predicted octanol–water partition coefficient (Wildman–Crippen LogP) is 2.90. The summed E-state index contributed by atoms with van der Waals surface area (Å²) in [6, 6.07) is 8.27. The highest BCUT2D eigenvalue weighted by Gasteiger charge is 2.27. The maximum atomic E-state index is 6.44. The first-order valence-corrected chi connectivity index (χ1v) is 6.14. The van der Waals surface area contributed by atoms with Gasteiger partial charge in [0.05, 0.1) is 7.11 Å². The molecule has 1 fully saturated rings. The van der Waals surface area contributed by atoms with Gasteiger partial charge in [0.1, 0.15) is 5.75 Å². The molecule has 0 heterocycles. The van der Waals surface area contributed by atoms with Gasteiger partial charge in [-0.15, -0.1) is 0 Å². The van der Waals surface area contributed by atoms with Crippen molar-refractivity contribution < 1.29 is 4.74 Å². The fraction of sp³-hybridized carbons (Fsp3) is 0.571. The Bertz CT molecular complexity index is 342. The third kappa shape index (κ3) is 2.76. The van der Waals surface area contributed by atoms with E-state index < -0.39 is 0 Å². The molecule has 0 unspecified atom stereocenters. The molecule has 1 aromatic rings. The molecule has 0 bridgehead atoms. The van der Waals surface area contributed by atoms with Crippen LogP contribution >= 0.6 is 0 Å². The summed E-state index contributed by atoms with van der Waals surface area (Å²) in [6.45, 7) is 0. The fourth-order valence-electron chi connectivity index (χ4n) is 2.62. The van der Waals surface area contributed by atoms with E-state index in [1.807, 2.05) is 12.1 Å². The summed E-state index contributed by atoms with van der Waals surface area (Å²) in [6.07, 6.45) is 7.19. The van der Waals surface area contributed by atoms with Gasteiger partial charge in [-0.1, -0.05) is 31.4 Å². The average Bonchev–Trinajstić information content (AvgIpc) is 2.29. The van der Waals surface area contributed by atoms with E-state index in [0.717, 1.165) is 25.0 Å². The van der Waals surface area contributed by atoms with Crippen LogP contribution in [-0.2, 0) is 6.42 Å². The van der Waals surface area contributed by atoms with Crippen LogP contribution in [0.4, 0.5) is 0 Å². The molecule has 1 aromatic carbocycles. The number of ether oxygens (including phenoxy) is 1. The summed E-state index contributed by atoms with van der Waals surface area (Å²) in [4.78, 5) is 0. The number of nitrogens with two attached hydrogens (primary N) is 1. The van der Waals surface area contributed by atoms with Crippen LogP contribution in [0.25, 0.3) is 0 Å². The zero-order valence-electron chi connectivity index (χ0n) is 10.0. The first-order chi connectivity index (χ1) is 7.72. The molecule has 2 nitrogen and oxygen atoms in total. The Balaban J connectivity index is 2.07. The van der Waals surface area contributed by atoms with Crippen LogP contribution in [0.2, 0.25) is 0 Å². The molecule has 16 heavy (non-hydrogen) atoms. The molecule has 0 saturated heterocycles. The second kappa shape index (κ2) is 4.88. The second-order valence-electron chi connectivity index (χ2n) is 4.95. The third-order valence-electron chi connectivity index (χ3n) is 3.54. The maximum Gasteiger partial charge on any atom is 0.119 e. The fourth-order valence-corrected chi connectivity index (χ4v) is 2.62. The number of rotatable bonds is 3. The smallest absolute Gasteiger partial charge is 0.119 e. The Kier molecular flexibility index (Phi) is 3.49. The van der Waals surface area contributed by atoms with Crippen LogP contribution in [0, 0.1) is 0 Å². The molecule has 0 aromatic heterocycles. The standard InChI is InChI=1S/C14H21NO/c1-16-13-7-5-6-12(10-13)11-14(15)8-3-2-4-9-14/h5-7,10H,2-4,8-9,11,15H2,1H3. The second-order valence-corrected chi connectivity index (χ2v) is 4.95. The van der Waals surface area contributed by atoms with E-state index >= 15 is 0 Å². The SMILES string of the molecule is COc1cccc(CC2(N)CCCCC2)c1. The summed E-state index contributed by atoms with van der Waals surface area (Å²) >= 11 is 0. The highest BCUT2D eigenvalue weighted by atomic mass is 16.5. The van der Waals surface area contributed by atoms with E-state index in [0.29, 0.717) is 0 Å². The van der Waals surface area contributed by atoms with Crippen molar-refractivity contribution in [3.8, 4) is 5.75 Å². The topological polar surface area (TPSA) is 35.2 Å². The van der Waals surface area contributed by atoms with Gasteiger partial charge >= 0.3 is 0 Å². The summed E-state index contributed by atoms with van der Waals surface area (Å²) in [7, 11) is 1.71. The van der Waals surface area contributed by atoms with Crippen molar-refractivity contribution in [2.45, 2.75) is 44.1 Å². The normalized spacial score (nSPS) is 19.4. The predicted molar refractivity (Wildman–Crippen MR) is 66.7 cm³/mol. The Labute approximate surface area is 97.8 Å². The summed E-state index contributed by atoms with van der Waals surface area (Å²) in [5.41, 5.74) is 7.76. The van der Waals surface area contributed by atoms with Gasteiger partial charge in [0.2, 0.25) is 0 Å². The van der Waals surface area contributed by atoms with E-state index in [1.165, 1.54) is 24.8 Å². The molecule has 1 saturated carbocycles. The van der Waals surface area contributed by atoms with Gasteiger partial charge in [0, 0.05) is 5.54 Å². The van der Waals surface area contributed by atoms with Crippen LogP contribution in [0.3, 0.4) is 0 Å². The summed E-state index contributed by atoms with van der Waals surface area (Å²) in [5.74, 6) is 0.928. The van der Waals surface area contributed by atoms with Crippen LogP contribution in [0.15, 0.2) is 24.3 Å². The van der Waals surface area contributed by atoms with Crippen LogP contribution in [0.1, 0.15) is 37.7 Å². The van der Waals surface area contributed by atoms with E-state index in [4.69, 9.17) is 10.5 Å². The molecular weight excluding hydrogens is 198 g/mol. The molecule has 1 aliphatic rings. The molecule has 2 N–H and O–H groups in total. The maximum absolute atomic E-state index is 6.44. The largest absolute Gasteiger partial charge is 0.497 e. The average molecular weight is 219 g/mol. The van der Waals surface area contributed by atoms with Crippen LogP contribution in [0.5, 0.6) is 5.75 Å². The summed E-state index contributed by atoms with van der Waals surface area (Å²) < 4.78 is 5.24. The van der Waals surface area contributed by atoms with Crippen molar-refractivity contribution in [3.05, 3.63) is 29.8 Å². The van der Waals surface area contributed by atoms with Crippen molar-refractivity contribution >= 4 is 0 Å². The lowest BCUT2D eigenvalue weighted by atomic mass is 9.78. The lowest BCUT2D eigenvalue weighted by Crippen LogP contribution is -2.43. The number of hydrogen-bond acceptors (Lipinski definition) is 2. The van der Waals surface area contributed by atoms with E-state index in [-0.39, 0.29) is 5.54 Å². The minimum Gasteiger partial charge on any atom is -0.497 e. The van der Waals surface area contributed by atoms with Crippen molar-refractivity contribution in [1.82, 2.24) is 0 Å². The molecule has 2 heteroatoms. The molecule has 1 aliphatic carbocycles. The van der Waals surface area contributed by atoms with Crippen LogP contribution in [-0.4, -0.2) is 12.6 Å². The Morgan fingerprint density at radius 2 is 2.00 bits per heavy atom. The van der Waals surface area contributed by atoms with Gasteiger partial charge in [-0.2, -0.15) is 0 Å². The Morgan fingerprint density at radius 3 is 2.69 bits per heavy atom. The van der Waals surface area contributed by atoms with Gasteiger partial charge in [-0.25, -0.2) is 0 Å². The highest BCUT2D eigenvalue weighted by Crippen LogP contribution is 2.29. The highest BCUT2D eigenvalue weighted by molar-refractivity contribution is 5.29. The van der Waals surface area contributed by atoms with Gasteiger partial charge in [-0.3, -0.25) is 0 Å². The lowest BCUT2D eigenvalue weighted by molar-refractivity contribution is 0.294. The molecule has 0 atom stereocenters. The zero-order valence-corrected chi connectivity index (χ0v) is 10.0. The molecular formula is C14H21NO. The first-order valence-electron chi connectivity index (χ1n) is 6.14. The number of benzene rings is 1. The molecule has 0 radical (unpaired) electrons. The monoisotopic (exact) mass is 219 g/mol. The van der Waals surface area contributed by atoms with Crippen molar-refractivity contribution in [1.29, 1.82) is 0 Å². The molecule has 0 amide bonds. The van der Waals surface area contributed by atoms with E-state index in [9.17, 15) is 0 Å². The molecule has 2 rings (SSSR count). The Hall–Kier alpha value is -1.02. The molecule has 0 aliphatic heterocycles. The Morgan fingerprint density at radius 1 is 1.25 bits per heavy atom. The minimum atomic E-state index is 0.0185. The molecule has 88 valence electrons. The third-order valence-corrected chi connectivity index (χ3v) is 3.54. The van der Waals surface area contributed by atoms with Crippen molar-refractivity contribution in [3.63, 3.8) is 0 Å². The summed E-state index contributed by atoms with van der Waals surface area (Å²) in [5, 5.41) is 0. The zero-order chi connectivity index (χ0) is 11.4. The lowest BCUT2D eigenvalue weighted by Gasteiger charge is -2.33. The van der Waals surface area contributed by atoms with Crippen molar-refractivity contribution in [2.24, 2.45) is 5.73 Å². The number of hydrogen-bond donors (Lipinski definition) is 1. The van der Waals surface area contributed by atoms with Crippen LogP contribution < -0.4 is 10.5 Å². The first kappa shape index (κ1) is 11.5.